The molecule has 0 spiro atoms. The lowest BCUT2D eigenvalue weighted by atomic mass is 10.0. The summed E-state index contributed by atoms with van der Waals surface area (Å²) in [6, 6.07) is 32.1. The van der Waals surface area contributed by atoms with E-state index in [0.717, 1.165) is 39.2 Å². The monoisotopic (exact) mass is 730 g/mol. The average molecular weight is 731 g/mol. The van der Waals surface area contributed by atoms with Crippen molar-refractivity contribution in [2.75, 3.05) is 34.4 Å². The van der Waals surface area contributed by atoms with E-state index >= 15 is 0 Å². The van der Waals surface area contributed by atoms with E-state index in [1.807, 2.05) is 109 Å². The maximum atomic E-state index is 11.4. The van der Waals surface area contributed by atoms with Gasteiger partial charge in [0, 0.05) is 19.2 Å². The van der Waals surface area contributed by atoms with E-state index in [2.05, 4.69) is 17.0 Å². The first kappa shape index (κ1) is 36.2. The predicted molar refractivity (Wildman–Crippen MR) is 201 cm³/mol. The average Bonchev–Trinajstić information content (AvgIpc) is 3.63. The van der Waals surface area contributed by atoms with Gasteiger partial charge >= 0.3 is 0 Å². The van der Waals surface area contributed by atoms with Gasteiger partial charge in [-0.1, -0.05) is 79.7 Å². The van der Waals surface area contributed by atoms with Gasteiger partial charge in [-0.05, 0) is 90.3 Å². The van der Waals surface area contributed by atoms with Crippen LogP contribution in [0.1, 0.15) is 39.0 Å². The van der Waals surface area contributed by atoms with Gasteiger partial charge in [-0.2, -0.15) is 16.8 Å². The van der Waals surface area contributed by atoms with Crippen LogP contribution in [0.25, 0.3) is 22.3 Å². The van der Waals surface area contributed by atoms with E-state index in [9.17, 15) is 25.9 Å². The second-order valence-electron chi connectivity index (χ2n) is 12.6. The van der Waals surface area contributed by atoms with Crippen LogP contribution in [0.5, 0.6) is 11.5 Å². The Balaban J connectivity index is 1.30. The van der Waals surface area contributed by atoms with Gasteiger partial charge in [-0.15, -0.1) is 0 Å². The van der Waals surface area contributed by atoms with E-state index in [0.29, 0.717) is 62.6 Å². The highest BCUT2D eigenvalue weighted by atomic mass is 32.2. The fourth-order valence-electron chi connectivity index (χ4n) is 6.33. The number of hydrogen-bond donors (Lipinski definition) is 2. The topological polar surface area (TPSA) is 134 Å². The fourth-order valence-corrected chi connectivity index (χ4v) is 7.47. The maximum absolute atomic E-state index is 11.4. The summed E-state index contributed by atoms with van der Waals surface area (Å²) < 4.78 is 77.1. The second kappa shape index (κ2) is 15.7. The van der Waals surface area contributed by atoms with Crippen molar-refractivity contribution in [3.8, 4) is 33.8 Å². The SMILES string of the molecule is CCC(=C/C1Oc2ccc(-c3ccccc3)cc2N1CCCCS(=O)(=O)O)/C=C1/Oc2ccc(-c3ccccc3)cc2N1CCCCS(=O)(=O)O. The van der Waals surface area contributed by atoms with Gasteiger partial charge in [0.1, 0.15) is 5.75 Å². The summed E-state index contributed by atoms with van der Waals surface area (Å²) in [5.74, 6) is 1.37. The molecule has 4 aromatic carbocycles. The lowest BCUT2D eigenvalue weighted by Crippen LogP contribution is -2.34. The van der Waals surface area contributed by atoms with Gasteiger partial charge in [-0.25, -0.2) is 0 Å². The minimum Gasteiger partial charge on any atom is -0.465 e. The molecule has 0 saturated carbocycles. The van der Waals surface area contributed by atoms with Gasteiger partial charge in [-0.3, -0.25) is 9.11 Å². The van der Waals surface area contributed by atoms with Crippen molar-refractivity contribution in [1.82, 2.24) is 0 Å². The minimum atomic E-state index is -4.07. The molecular weight excluding hydrogens is 689 g/mol. The number of allylic oxidation sites excluding steroid dienone is 2. The Labute approximate surface area is 300 Å². The van der Waals surface area contributed by atoms with Crippen LogP contribution in [-0.2, 0) is 20.2 Å². The molecule has 0 saturated heterocycles. The van der Waals surface area contributed by atoms with Crippen LogP contribution in [-0.4, -0.2) is 56.8 Å². The molecule has 51 heavy (non-hydrogen) atoms. The standard InChI is InChI=1S/C39H42N2O8S2/c1-2-29(25-38-40(21-9-11-23-50(42,43)44)34-27-32(17-19-36(34)48-38)30-13-5-3-6-14-30)26-39-41(22-10-12-24-51(45,46)47)35-28-33(18-20-37(35)49-39)31-15-7-4-8-16-31/h3-8,13-20,25-28,38H,2,9-12,21-24H2,1H3,(H,42,43,44)(H,45,46,47)/b29-25-,39-26+. The molecule has 10 nitrogen and oxygen atoms in total. The van der Waals surface area contributed by atoms with Crippen LogP contribution < -0.4 is 19.3 Å². The first-order chi connectivity index (χ1) is 24.5. The zero-order chi connectivity index (χ0) is 36.0. The smallest absolute Gasteiger partial charge is 0.264 e. The third-order valence-electron chi connectivity index (χ3n) is 8.93. The molecule has 2 aliphatic rings. The number of unbranched alkanes of at least 4 members (excludes halogenated alkanes) is 2. The summed E-state index contributed by atoms with van der Waals surface area (Å²) in [5, 5.41) is 0. The molecule has 6 rings (SSSR count). The summed E-state index contributed by atoms with van der Waals surface area (Å²) in [4.78, 5) is 4.15. The van der Waals surface area contributed by atoms with E-state index in [1.54, 1.807) is 0 Å². The highest BCUT2D eigenvalue weighted by Crippen LogP contribution is 2.43. The van der Waals surface area contributed by atoms with E-state index < -0.39 is 26.5 Å². The Morgan fingerprint density at radius 1 is 0.686 bits per heavy atom. The van der Waals surface area contributed by atoms with Crippen molar-refractivity contribution in [2.45, 2.75) is 45.3 Å². The third kappa shape index (κ3) is 9.39. The van der Waals surface area contributed by atoms with Crippen molar-refractivity contribution in [1.29, 1.82) is 0 Å². The number of anilines is 2. The van der Waals surface area contributed by atoms with Crippen LogP contribution >= 0.6 is 0 Å². The van der Waals surface area contributed by atoms with Gasteiger partial charge < -0.3 is 19.3 Å². The molecule has 12 heteroatoms. The van der Waals surface area contributed by atoms with E-state index in [-0.39, 0.29) is 11.5 Å². The molecule has 2 aliphatic heterocycles. The second-order valence-corrected chi connectivity index (χ2v) is 15.8. The van der Waals surface area contributed by atoms with E-state index in [4.69, 9.17) is 9.47 Å². The molecule has 268 valence electrons. The molecule has 2 N–H and O–H groups in total. The van der Waals surface area contributed by atoms with Gasteiger partial charge in [0.2, 0.25) is 5.88 Å². The third-order valence-corrected chi connectivity index (χ3v) is 10.5. The molecule has 0 aromatic heterocycles. The molecule has 0 bridgehead atoms. The Bertz CT molecular complexity index is 2120. The summed E-state index contributed by atoms with van der Waals surface area (Å²) in [6.07, 6.45) is 5.79. The lowest BCUT2D eigenvalue weighted by Gasteiger charge is -2.24. The minimum absolute atomic E-state index is 0.290. The molecule has 4 aromatic rings. The number of benzene rings is 4. The predicted octanol–water partition coefficient (Wildman–Crippen LogP) is 7.96. The normalized spacial score (nSPS) is 16.6. The number of hydrogen-bond acceptors (Lipinski definition) is 8. The summed E-state index contributed by atoms with van der Waals surface area (Å²) in [6.45, 7) is 3.01. The molecule has 0 radical (unpaired) electrons. The van der Waals surface area contributed by atoms with Crippen LogP contribution in [0.2, 0.25) is 0 Å². The Hall–Kier alpha value is -4.62. The molecule has 0 fully saturated rings. The number of rotatable bonds is 15. The van der Waals surface area contributed by atoms with Crippen molar-refractivity contribution < 1.29 is 35.4 Å². The number of ether oxygens (including phenoxy) is 2. The van der Waals surface area contributed by atoms with Crippen LogP contribution in [0, 0.1) is 0 Å². The highest BCUT2D eigenvalue weighted by molar-refractivity contribution is 7.86. The first-order valence-corrected chi connectivity index (χ1v) is 20.3. The molecule has 0 amide bonds. The van der Waals surface area contributed by atoms with Crippen molar-refractivity contribution in [2.24, 2.45) is 0 Å². The quantitative estimate of drug-likeness (QED) is 0.0917. The lowest BCUT2D eigenvalue weighted by molar-refractivity contribution is 0.271. The summed E-state index contributed by atoms with van der Waals surface area (Å²) in [5.41, 5.74) is 6.87. The Kier molecular flexibility index (Phi) is 11.2. The summed E-state index contributed by atoms with van der Waals surface area (Å²) in [7, 11) is -8.14. The summed E-state index contributed by atoms with van der Waals surface area (Å²) >= 11 is 0. The van der Waals surface area contributed by atoms with Crippen molar-refractivity contribution in [3.63, 3.8) is 0 Å². The largest absolute Gasteiger partial charge is 0.465 e. The zero-order valence-corrected chi connectivity index (χ0v) is 30.0. The molecular formula is C39H42N2O8S2. The first-order valence-electron chi connectivity index (χ1n) is 17.1. The fraction of sp³-hybridized carbons (Fsp3) is 0.282. The zero-order valence-electron chi connectivity index (χ0n) is 28.4. The van der Waals surface area contributed by atoms with Crippen molar-refractivity contribution in [3.05, 3.63) is 121 Å². The Morgan fingerprint density at radius 3 is 1.80 bits per heavy atom. The van der Waals surface area contributed by atoms with Crippen LogP contribution in [0.3, 0.4) is 0 Å². The van der Waals surface area contributed by atoms with Crippen LogP contribution in [0.4, 0.5) is 11.4 Å². The van der Waals surface area contributed by atoms with Gasteiger partial charge in [0.05, 0.1) is 22.9 Å². The molecule has 0 aliphatic carbocycles. The molecule has 1 unspecified atom stereocenters. The van der Waals surface area contributed by atoms with E-state index in [1.165, 1.54) is 0 Å². The number of nitrogens with zero attached hydrogens (tertiary/aromatic N) is 2. The molecule has 2 heterocycles. The molecule has 1 atom stereocenters. The van der Waals surface area contributed by atoms with Crippen molar-refractivity contribution >= 4 is 31.6 Å². The highest BCUT2D eigenvalue weighted by Gasteiger charge is 2.31. The maximum Gasteiger partial charge on any atom is 0.264 e. The Morgan fingerprint density at radius 2 is 1.24 bits per heavy atom. The number of fused-ring (bicyclic) bond motifs is 2. The van der Waals surface area contributed by atoms with Gasteiger partial charge in [0.25, 0.3) is 20.2 Å². The van der Waals surface area contributed by atoms with Gasteiger partial charge in [0.15, 0.2) is 12.0 Å². The van der Waals surface area contributed by atoms with Crippen LogP contribution in [0.15, 0.2) is 121 Å².